The highest BCUT2D eigenvalue weighted by Crippen LogP contribution is 2.22. The zero-order valence-electron chi connectivity index (χ0n) is 6.99. The van der Waals surface area contributed by atoms with E-state index < -0.39 is 6.03 Å². The van der Waals surface area contributed by atoms with Crippen LogP contribution < -0.4 is 11.5 Å². The van der Waals surface area contributed by atoms with E-state index in [1.165, 1.54) is 4.90 Å². The minimum absolute atomic E-state index is 0.370. The number of nitrogen functional groups attached to an aromatic ring is 1. The largest absolute Gasteiger partial charge is 0.381 e. The molecule has 1 aromatic rings. The molecule has 1 aliphatic heterocycles. The summed E-state index contributed by atoms with van der Waals surface area (Å²) in [6.07, 6.45) is 0.660. The summed E-state index contributed by atoms with van der Waals surface area (Å²) < 4.78 is 4.94. The van der Waals surface area contributed by atoms with Gasteiger partial charge in [0, 0.05) is 12.1 Å². The average Bonchev–Trinajstić information content (AvgIpc) is 2.47. The second-order valence-electron chi connectivity index (χ2n) is 2.98. The summed E-state index contributed by atoms with van der Waals surface area (Å²) in [4.78, 5) is 12.3. The van der Waals surface area contributed by atoms with Crippen molar-refractivity contribution in [1.29, 1.82) is 0 Å². The lowest BCUT2D eigenvalue weighted by Crippen LogP contribution is -2.39. The molecule has 0 unspecified atom stereocenters. The Balaban J connectivity index is 2.25. The molecule has 0 spiro atoms. The van der Waals surface area contributed by atoms with Gasteiger partial charge in [-0.15, -0.1) is 0 Å². The molecule has 2 amide bonds. The number of urea groups is 1. The zero-order valence-corrected chi connectivity index (χ0v) is 6.99. The first-order valence-corrected chi connectivity index (χ1v) is 3.95. The molecule has 0 radical (unpaired) electrons. The van der Waals surface area contributed by atoms with Gasteiger partial charge >= 0.3 is 6.03 Å². The molecule has 1 aromatic heterocycles. The van der Waals surface area contributed by atoms with Gasteiger partial charge in [-0.25, -0.2) is 4.79 Å². The summed E-state index contributed by atoms with van der Waals surface area (Å²) in [6.45, 7) is 0.947. The molecule has 70 valence electrons. The molecule has 0 bridgehead atoms. The number of carbonyl (C=O) groups excluding carboxylic acids is 1. The van der Waals surface area contributed by atoms with Crippen molar-refractivity contribution in [2.75, 3.05) is 12.3 Å². The normalized spacial score (nSPS) is 15.5. The number of rotatable bonds is 0. The van der Waals surface area contributed by atoms with Crippen LogP contribution in [-0.2, 0) is 13.0 Å². The Morgan fingerprint density at radius 1 is 1.62 bits per heavy atom. The van der Waals surface area contributed by atoms with Gasteiger partial charge in [0.1, 0.15) is 0 Å². The van der Waals surface area contributed by atoms with Crippen molar-refractivity contribution < 1.29 is 9.32 Å². The molecule has 0 saturated heterocycles. The fourth-order valence-corrected chi connectivity index (χ4v) is 1.44. The van der Waals surface area contributed by atoms with Gasteiger partial charge < -0.3 is 20.9 Å². The molecule has 2 heterocycles. The third kappa shape index (κ3) is 1.20. The van der Waals surface area contributed by atoms with E-state index in [-0.39, 0.29) is 0 Å². The molecule has 2 rings (SSSR count). The van der Waals surface area contributed by atoms with Crippen molar-refractivity contribution in [3.8, 4) is 0 Å². The van der Waals surface area contributed by atoms with Crippen LogP contribution in [0.5, 0.6) is 0 Å². The van der Waals surface area contributed by atoms with E-state index in [0.717, 1.165) is 5.56 Å². The Kier molecular flexibility index (Phi) is 1.61. The summed E-state index contributed by atoms with van der Waals surface area (Å²) >= 11 is 0. The molecule has 0 atom stereocenters. The lowest BCUT2D eigenvalue weighted by molar-refractivity contribution is 0.192. The quantitative estimate of drug-likeness (QED) is 0.575. The number of amides is 2. The number of hydrogen-bond acceptors (Lipinski definition) is 4. The van der Waals surface area contributed by atoms with Gasteiger partial charge in [-0.2, -0.15) is 0 Å². The number of anilines is 1. The van der Waals surface area contributed by atoms with Crippen molar-refractivity contribution in [2.24, 2.45) is 5.73 Å². The molecular weight excluding hydrogens is 172 g/mol. The summed E-state index contributed by atoms with van der Waals surface area (Å²) in [5.74, 6) is 1.06. The van der Waals surface area contributed by atoms with Crippen molar-refractivity contribution in [2.45, 2.75) is 13.0 Å². The maximum absolute atomic E-state index is 10.8. The molecule has 6 nitrogen and oxygen atoms in total. The Labute approximate surface area is 74.5 Å². The van der Waals surface area contributed by atoms with Gasteiger partial charge in [-0.3, -0.25) is 0 Å². The second kappa shape index (κ2) is 2.65. The SMILES string of the molecule is NC(=O)N1CCc2c(N)noc2C1. The fraction of sp³-hybridized carbons (Fsp3) is 0.429. The van der Waals surface area contributed by atoms with Crippen LogP contribution in [0.2, 0.25) is 0 Å². The van der Waals surface area contributed by atoms with E-state index in [2.05, 4.69) is 5.16 Å². The predicted octanol–water partition coefficient (Wildman–Crippen LogP) is -0.306. The molecule has 0 aliphatic carbocycles. The van der Waals surface area contributed by atoms with E-state index in [4.69, 9.17) is 16.0 Å². The fourth-order valence-electron chi connectivity index (χ4n) is 1.44. The molecule has 1 aliphatic rings. The molecule has 0 saturated carbocycles. The number of nitrogens with two attached hydrogens (primary N) is 2. The van der Waals surface area contributed by atoms with Crippen molar-refractivity contribution in [3.05, 3.63) is 11.3 Å². The van der Waals surface area contributed by atoms with Crippen LogP contribution in [0.25, 0.3) is 0 Å². The Morgan fingerprint density at radius 2 is 2.38 bits per heavy atom. The number of nitrogens with zero attached hydrogens (tertiary/aromatic N) is 2. The molecule has 4 N–H and O–H groups in total. The summed E-state index contributed by atoms with van der Waals surface area (Å²) in [5, 5.41) is 3.62. The minimum Gasteiger partial charge on any atom is -0.381 e. The molecule has 6 heteroatoms. The maximum Gasteiger partial charge on any atom is 0.315 e. The molecular formula is C7H10N4O2. The first kappa shape index (κ1) is 7.90. The Morgan fingerprint density at radius 3 is 3.08 bits per heavy atom. The highest BCUT2D eigenvalue weighted by molar-refractivity contribution is 5.72. The van der Waals surface area contributed by atoms with Gasteiger partial charge in [0.05, 0.1) is 6.54 Å². The second-order valence-corrected chi connectivity index (χ2v) is 2.98. The number of hydrogen-bond donors (Lipinski definition) is 2. The highest BCUT2D eigenvalue weighted by Gasteiger charge is 2.24. The van der Waals surface area contributed by atoms with E-state index in [0.29, 0.717) is 31.1 Å². The van der Waals surface area contributed by atoms with Gasteiger partial charge in [-0.1, -0.05) is 5.16 Å². The highest BCUT2D eigenvalue weighted by atomic mass is 16.5. The lowest BCUT2D eigenvalue weighted by Gasteiger charge is -2.23. The van der Waals surface area contributed by atoms with E-state index >= 15 is 0 Å². The predicted molar refractivity (Wildman–Crippen MR) is 44.6 cm³/mol. The minimum atomic E-state index is -0.444. The first-order chi connectivity index (χ1) is 6.18. The monoisotopic (exact) mass is 182 g/mol. The van der Waals surface area contributed by atoms with Gasteiger partial charge in [-0.05, 0) is 6.42 Å². The van der Waals surface area contributed by atoms with E-state index in [1.807, 2.05) is 0 Å². The number of aromatic nitrogens is 1. The summed E-state index contributed by atoms with van der Waals surface area (Å²) in [7, 11) is 0. The van der Waals surface area contributed by atoms with Crippen LogP contribution in [0, 0.1) is 0 Å². The number of fused-ring (bicyclic) bond motifs is 1. The average molecular weight is 182 g/mol. The topological polar surface area (TPSA) is 98.4 Å². The molecule has 13 heavy (non-hydrogen) atoms. The lowest BCUT2D eigenvalue weighted by atomic mass is 10.1. The maximum atomic E-state index is 10.8. The van der Waals surface area contributed by atoms with Crippen LogP contribution in [0.3, 0.4) is 0 Å². The van der Waals surface area contributed by atoms with Crippen molar-refractivity contribution in [3.63, 3.8) is 0 Å². The first-order valence-electron chi connectivity index (χ1n) is 3.95. The van der Waals surface area contributed by atoms with Crippen LogP contribution in [-0.4, -0.2) is 22.6 Å². The van der Waals surface area contributed by atoms with Crippen molar-refractivity contribution in [1.82, 2.24) is 10.1 Å². The molecule has 0 fully saturated rings. The summed E-state index contributed by atoms with van der Waals surface area (Å²) in [6, 6.07) is -0.444. The van der Waals surface area contributed by atoms with E-state index in [1.54, 1.807) is 0 Å². The Bertz CT molecular complexity index is 346. The zero-order chi connectivity index (χ0) is 9.42. The summed E-state index contributed by atoms with van der Waals surface area (Å²) in [5.41, 5.74) is 11.6. The number of primary amides is 1. The van der Waals surface area contributed by atoms with Crippen LogP contribution in [0.15, 0.2) is 4.52 Å². The third-order valence-electron chi connectivity index (χ3n) is 2.18. The van der Waals surface area contributed by atoms with Crippen LogP contribution in [0.4, 0.5) is 10.6 Å². The number of carbonyl (C=O) groups is 1. The van der Waals surface area contributed by atoms with Gasteiger partial charge in [0.15, 0.2) is 11.6 Å². The Hall–Kier alpha value is -1.72. The molecule has 0 aromatic carbocycles. The van der Waals surface area contributed by atoms with Crippen LogP contribution >= 0.6 is 0 Å². The standard InChI is InChI=1S/C7H10N4O2/c8-6-4-1-2-11(7(9)12)3-5(4)13-10-6/h1-3H2,(H2,8,10)(H2,9,12). The van der Waals surface area contributed by atoms with Crippen molar-refractivity contribution >= 4 is 11.8 Å². The van der Waals surface area contributed by atoms with E-state index in [9.17, 15) is 4.79 Å². The van der Waals surface area contributed by atoms with Crippen LogP contribution in [0.1, 0.15) is 11.3 Å². The third-order valence-corrected chi connectivity index (χ3v) is 2.18. The smallest absolute Gasteiger partial charge is 0.315 e. The van der Waals surface area contributed by atoms with Gasteiger partial charge in [0.25, 0.3) is 0 Å². The van der Waals surface area contributed by atoms with Gasteiger partial charge in [0.2, 0.25) is 0 Å².